The lowest BCUT2D eigenvalue weighted by Crippen LogP contribution is -2.46. The fourth-order valence-corrected chi connectivity index (χ4v) is 4.69. The van der Waals surface area contributed by atoms with E-state index in [9.17, 15) is 9.59 Å². The molecule has 0 aliphatic carbocycles. The Morgan fingerprint density at radius 1 is 1.03 bits per heavy atom. The van der Waals surface area contributed by atoms with E-state index in [1.807, 2.05) is 36.4 Å². The Labute approximate surface area is 184 Å². The van der Waals surface area contributed by atoms with Gasteiger partial charge < -0.3 is 14.7 Å². The number of carbonyl (C=O) groups is 2. The van der Waals surface area contributed by atoms with Gasteiger partial charge in [-0.25, -0.2) is 4.98 Å². The molecule has 0 spiro atoms. The molecule has 2 amide bonds. The third-order valence-corrected chi connectivity index (χ3v) is 6.58. The van der Waals surface area contributed by atoms with E-state index in [1.54, 1.807) is 24.2 Å². The molecule has 1 atom stereocenters. The maximum atomic E-state index is 13.0. The van der Waals surface area contributed by atoms with Crippen LogP contribution in [-0.4, -0.2) is 54.9 Å². The zero-order valence-corrected chi connectivity index (χ0v) is 18.5. The number of likely N-dealkylation sites (tertiary alicyclic amines) is 1. The van der Waals surface area contributed by atoms with Gasteiger partial charge >= 0.3 is 0 Å². The predicted octanol–water partition coefficient (Wildman–Crippen LogP) is 3.83. The number of piperidine rings is 2. The van der Waals surface area contributed by atoms with Crippen molar-refractivity contribution in [3.63, 3.8) is 0 Å². The van der Waals surface area contributed by atoms with Gasteiger partial charge in [-0.2, -0.15) is 0 Å². The van der Waals surface area contributed by atoms with Crippen molar-refractivity contribution in [1.29, 1.82) is 0 Å². The van der Waals surface area contributed by atoms with E-state index < -0.39 is 0 Å². The van der Waals surface area contributed by atoms with E-state index in [0.29, 0.717) is 17.4 Å². The van der Waals surface area contributed by atoms with Gasteiger partial charge in [-0.05, 0) is 55.9 Å². The van der Waals surface area contributed by atoms with Gasteiger partial charge in [0.15, 0.2) is 0 Å². The van der Waals surface area contributed by atoms with Crippen LogP contribution in [0.5, 0.6) is 0 Å². The Bertz CT molecular complexity index is 909. The summed E-state index contributed by atoms with van der Waals surface area (Å²) >= 11 is 0. The molecule has 4 rings (SSSR count). The fourth-order valence-electron chi connectivity index (χ4n) is 4.69. The van der Waals surface area contributed by atoms with Crippen molar-refractivity contribution in [2.75, 3.05) is 43.0 Å². The van der Waals surface area contributed by atoms with Crippen LogP contribution in [0.15, 0.2) is 48.7 Å². The Hall–Kier alpha value is -2.89. The fraction of sp³-hybridized carbons (Fsp3) is 0.480. The summed E-state index contributed by atoms with van der Waals surface area (Å²) in [4.78, 5) is 36.3. The molecule has 31 heavy (non-hydrogen) atoms. The summed E-state index contributed by atoms with van der Waals surface area (Å²) in [7, 11) is 1.79. The van der Waals surface area contributed by atoms with Crippen LogP contribution in [0.4, 0.5) is 11.5 Å². The number of aromatic nitrogens is 1. The molecule has 1 aromatic carbocycles. The first-order valence-corrected chi connectivity index (χ1v) is 11.4. The largest absolute Gasteiger partial charge is 0.357 e. The van der Waals surface area contributed by atoms with E-state index in [1.165, 1.54) is 6.42 Å². The molecule has 0 bridgehead atoms. The first kappa shape index (κ1) is 21.3. The minimum atomic E-state index is -0.0564. The number of hydrogen-bond acceptors (Lipinski definition) is 4. The normalized spacial score (nSPS) is 19.9. The van der Waals surface area contributed by atoms with E-state index >= 15 is 0 Å². The summed E-state index contributed by atoms with van der Waals surface area (Å²) in [5.74, 6) is 1.79. The lowest BCUT2D eigenvalue weighted by Gasteiger charge is -2.37. The monoisotopic (exact) mass is 420 g/mol. The average molecular weight is 421 g/mol. The number of nitrogens with zero attached hydrogens (tertiary/aromatic N) is 4. The molecule has 2 aliphatic rings. The third kappa shape index (κ3) is 4.89. The van der Waals surface area contributed by atoms with Crippen LogP contribution in [0.2, 0.25) is 0 Å². The van der Waals surface area contributed by atoms with Crippen molar-refractivity contribution in [1.82, 2.24) is 9.88 Å². The highest BCUT2D eigenvalue weighted by Crippen LogP contribution is 2.26. The molecule has 2 aliphatic heterocycles. The maximum absolute atomic E-state index is 13.0. The number of amides is 2. The highest BCUT2D eigenvalue weighted by Gasteiger charge is 2.31. The van der Waals surface area contributed by atoms with Crippen LogP contribution < -0.4 is 9.80 Å². The maximum Gasteiger partial charge on any atom is 0.258 e. The van der Waals surface area contributed by atoms with Crippen LogP contribution in [-0.2, 0) is 4.79 Å². The molecule has 3 heterocycles. The van der Waals surface area contributed by atoms with Crippen molar-refractivity contribution in [3.05, 3.63) is 54.2 Å². The smallest absolute Gasteiger partial charge is 0.258 e. The molecule has 0 saturated carbocycles. The van der Waals surface area contributed by atoms with Gasteiger partial charge in [0, 0.05) is 56.6 Å². The molecule has 6 nitrogen and oxygen atoms in total. The first-order chi connectivity index (χ1) is 15.0. The van der Waals surface area contributed by atoms with Crippen molar-refractivity contribution in [2.45, 2.75) is 32.6 Å². The van der Waals surface area contributed by atoms with Crippen LogP contribution in [0.1, 0.15) is 43.0 Å². The number of para-hydroxylation sites is 1. The summed E-state index contributed by atoms with van der Waals surface area (Å²) in [5.41, 5.74) is 1.48. The molecule has 2 aromatic rings. The van der Waals surface area contributed by atoms with Gasteiger partial charge in [0.05, 0.1) is 0 Å². The summed E-state index contributed by atoms with van der Waals surface area (Å²) < 4.78 is 0. The highest BCUT2D eigenvalue weighted by atomic mass is 16.2. The van der Waals surface area contributed by atoms with E-state index in [2.05, 4.69) is 21.7 Å². The number of pyridine rings is 1. The van der Waals surface area contributed by atoms with E-state index in [4.69, 9.17) is 0 Å². The number of rotatable bonds is 4. The molecule has 0 unspecified atom stereocenters. The lowest BCUT2D eigenvalue weighted by atomic mass is 9.92. The zero-order chi connectivity index (χ0) is 21.8. The molecule has 0 N–H and O–H groups in total. The molecular formula is C25H32N4O2. The summed E-state index contributed by atoms with van der Waals surface area (Å²) in [6.45, 7) is 5.62. The second-order valence-electron chi connectivity index (χ2n) is 8.90. The minimum absolute atomic E-state index is 0.0564. The Morgan fingerprint density at radius 3 is 2.48 bits per heavy atom. The summed E-state index contributed by atoms with van der Waals surface area (Å²) in [6, 6.07) is 13.3. The van der Waals surface area contributed by atoms with E-state index in [-0.39, 0.29) is 11.8 Å². The first-order valence-electron chi connectivity index (χ1n) is 11.4. The minimum Gasteiger partial charge on any atom is -0.357 e. The van der Waals surface area contributed by atoms with Gasteiger partial charge in [-0.15, -0.1) is 0 Å². The topological polar surface area (TPSA) is 56.8 Å². The molecule has 2 saturated heterocycles. The summed E-state index contributed by atoms with van der Waals surface area (Å²) in [5, 5.41) is 0. The number of hydrogen-bond donors (Lipinski definition) is 0. The second kappa shape index (κ2) is 9.50. The van der Waals surface area contributed by atoms with Crippen molar-refractivity contribution >= 4 is 23.3 Å². The van der Waals surface area contributed by atoms with Gasteiger partial charge in [-0.1, -0.05) is 25.1 Å². The molecule has 164 valence electrons. The molecule has 0 radical (unpaired) electrons. The molecular weight excluding hydrogens is 388 g/mol. The van der Waals surface area contributed by atoms with Crippen LogP contribution in [0.3, 0.4) is 0 Å². The standard InChI is InChI=1S/C25H32N4O2/c1-19-7-6-14-29(18-19)25(31)20-11-15-28(16-12-20)23-17-21(10-13-26-23)24(30)27(2)22-8-4-3-5-9-22/h3-5,8-10,13,17,19-20H,6-7,11-12,14-16,18H2,1-2H3/t19-/m0/s1. The van der Waals surface area contributed by atoms with Gasteiger partial charge in [0.25, 0.3) is 5.91 Å². The summed E-state index contributed by atoms with van der Waals surface area (Å²) in [6.07, 6.45) is 5.73. The highest BCUT2D eigenvalue weighted by molar-refractivity contribution is 6.06. The Balaban J connectivity index is 1.38. The quantitative estimate of drug-likeness (QED) is 0.754. The van der Waals surface area contributed by atoms with Crippen molar-refractivity contribution in [2.24, 2.45) is 11.8 Å². The molecule has 1 aromatic heterocycles. The van der Waals surface area contributed by atoms with Crippen LogP contribution >= 0.6 is 0 Å². The van der Waals surface area contributed by atoms with Gasteiger partial charge in [0.1, 0.15) is 5.82 Å². The lowest BCUT2D eigenvalue weighted by molar-refractivity contribution is -0.137. The SMILES string of the molecule is C[C@H]1CCCN(C(=O)C2CCN(c3cc(C(=O)N(C)c4ccccc4)ccn3)CC2)C1. The zero-order valence-electron chi connectivity index (χ0n) is 18.5. The molecule has 6 heteroatoms. The number of carbonyl (C=O) groups excluding carboxylic acids is 2. The Kier molecular flexibility index (Phi) is 6.54. The average Bonchev–Trinajstić information content (AvgIpc) is 2.83. The van der Waals surface area contributed by atoms with Crippen LogP contribution in [0, 0.1) is 11.8 Å². The van der Waals surface area contributed by atoms with Gasteiger partial charge in [-0.3, -0.25) is 9.59 Å². The van der Waals surface area contributed by atoms with Crippen molar-refractivity contribution in [3.8, 4) is 0 Å². The third-order valence-electron chi connectivity index (χ3n) is 6.58. The van der Waals surface area contributed by atoms with Crippen molar-refractivity contribution < 1.29 is 9.59 Å². The van der Waals surface area contributed by atoms with E-state index in [0.717, 1.165) is 56.9 Å². The second-order valence-corrected chi connectivity index (χ2v) is 8.90. The predicted molar refractivity (Wildman–Crippen MR) is 123 cm³/mol. The Morgan fingerprint density at radius 2 is 1.77 bits per heavy atom. The number of anilines is 2. The number of benzene rings is 1. The van der Waals surface area contributed by atoms with Crippen LogP contribution in [0.25, 0.3) is 0 Å². The molecule has 2 fully saturated rings. The van der Waals surface area contributed by atoms with Gasteiger partial charge in [0.2, 0.25) is 5.91 Å².